The predicted octanol–water partition coefficient (Wildman–Crippen LogP) is 9.58. The first-order valence-corrected chi connectivity index (χ1v) is 34.8. The summed E-state index contributed by atoms with van der Waals surface area (Å²) in [7, 11) is -3.35. The zero-order valence-corrected chi connectivity index (χ0v) is 53.6. The number of ether oxygens (including phenoxy) is 4. The second kappa shape index (κ2) is 28.0. The van der Waals surface area contributed by atoms with Crippen molar-refractivity contribution in [2.75, 3.05) is 44.7 Å². The molecule has 0 radical (unpaired) electrons. The van der Waals surface area contributed by atoms with Gasteiger partial charge in [-0.2, -0.15) is 10.2 Å². The number of anilines is 2. The molecule has 1 fully saturated rings. The van der Waals surface area contributed by atoms with Gasteiger partial charge in [-0.3, -0.25) is 38.3 Å². The fraction of sp³-hybridized carbons (Fsp3) is 0.373. The van der Waals surface area contributed by atoms with E-state index in [2.05, 4.69) is 36.6 Å². The number of carbonyl (C=O) groups is 2. The molecule has 2 unspecified atom stereocenters. The van der Waals surface area contributed by atoms with Crippen molar-refractivity contribution in [2.24, 2.45) is 5.92 Å². The van der Waals surface area contributed by atoms with Crippen molar-refractivity contribution in [3.8, 4) is 17.6 Å². The quantitative estimate of drug-likeness (QED) is 0.0161. The molecule has 0 saturated carbocycles. The van der Waals surface area contributed by atoms with Crippen LogP contribution in [0, 0.1) is 17.2 Å². The first-order valence-electron chi connectivity index (χ1n) is 28.0. The predicted molar refractivity (Wildman–Crippen MR) is 333 cm³/mol. The third-order valence-electron chi connectivity index (χ3n) is 15.1. The number of H-pyrrole nitrogens is 1. The Kier molecular flexibility index (Phi) is 20.7. The van der Waals surface area contributed by atoms with Crippen LogP contribution in [0.1, 0.15) is 80.1 Å². The smallest absolute Gasteiger partial charge is 0.327 e. The molecule has 1 aliphatic rings. The SMILES string of the molecule is COc1ccc(C(OCc2nc3c(=O)[nH]c(NC(=O)C(C)C)nc3n2CCOP(=S)(OCCC#N)OC[C@H]2O[C@@H](n3cnc4c(NC(=O)c5ccccc5)ncnc43)[C@H](O[PH](=O)O)[C@@H]2O[Si](C)(C)C(C)(C)C)(c2ccccc2)c2ccc(OC)cc2)cc1. The second-order valence-corrected chi connectivity index (χ2v) is 30.7. The van der Waals surface area contributed by atoms with Crippen molar-refractivity contribution < 1.29 is 60.5 Å². The molecular weight excluding hydrogens is 1210 g/mol. The van der Waals surface area contributed by atoms with E-state index in [1.165, 1.54) is 17.2 Å². The molecule has 0 aliphatic carbocycles. The fourth-order valence-corrected chi connectivity index (χ4v) is 13.2. The topological polar surface area (TPSA) is 310 Å². The average Bonchev–Trinajstić information content (AvgIpc) is 2.03. The van der Waals surface area contributed by atoms with E-state index in [-0.39, 0.29) is 77.7 Å². The van der Waals surface area contributed by atoms with Gasteiger partial charge in [0.25, 0.3) is 11.5 Å². The molecule has 8 aromatic rings. The Balaban J connectivity index is 1.06. The Morgan fingerprint density at radius 2 is 1.47 bits per heavy atom. The highest BCUT2D eigenvalue weighted by Crippen LogP contribution is 2.52. The summed E-state index contributed by atoms with van der Waals surface area (Å²) >= 11 is 6.13. The highest BCUT2D eigenvalue weighted by molar-refractivity contribution is 8.07. The minimum absolute atomic E-state index is 0.0667. The van der Waals surface area contributed by atoms with E-state index in [1.54, 1.807) is 63.0 Å². The third kappa shape index (κ3) is 14.5. The molecule has 25 nitrogen and oxygen atoms in total. The first-order chi connectivity index (χ1) is 42.1. The zero-order chi connectivity index (χ0) is 63.0. The standard InChI is InChI=1S/C59H69N11O14P2SSi/c1-37(2)53(71)67-57-66-52-47(55(73)68-57)64-45(34-78-59(39-19-14-11-15-20-39,40-21-25-42(76-6)26-22-40)41-23-27-43(77-7)28-24-41)69(52)30-32-80-86(87,79-31-16-29-60)81-33-44-48(84-88(8,9)58(3,4)5)49(83-85(74)75)56(82-44)70-36-63-46-50(61-35-62-51(46)70)65-54(72)38-17-12-10-13-18-38/h10-15,17-28,35-37,44,48-49,56,85H,16,30-34H2,1-9H3,(H,74,75)(H,61,62,65,72)(H2,66,67,68,71,73)/t44-,48-,49-,56-,86?/m1/s1. The summed E-state index contributed by atoms with van der Waals surface area (Å²) in [4.78, 5) is 76.4. The first kappa shape index (κ1) is 65.0. The molecule has 0 spiro atoms. The summed E-state index contributed by atoms with van der Waals surface area (Å²) in [5.41, 5.74) is 0.961. The van der Waals surface area contributed by atoms with Crippen LogP contribution in [0.25, 0.3) is 22.3 Å². The third-order valence-corrected chi connectivity index (χ3v) is 22.5. The van der Waals surface area contributed by atoms with E-state index in [9.17, 15) is 29.1 Å². The van der Waals surface area contributed by atoms with Gasteiger partial charge in [-0.05, 0) is 83.0 Å². The van der Waals surface area contributed by atoms with Gasteiger partial charge in [-0.1, -0.05) is 107 Å². The van der Waals surface area contributed by atoms with Crippen LogP contribution >= 0.6 is 15.0 Å². The number of aromatic amines is 1. The lowest BCUT2D eigenvalue weighted by Crippen LogP contribution is -2.50. The molecule has 2 amide bonds. The van der Waals surface area contributed by atoms with E-state index in [0.717, 1.165) is 16.7 Å². The molecule has 4 aromatic carbocycles. The highest BCUT2D eigenvalue weighted by Gasteiger charge is 2.53. The van der Waals surface area contributed by atoms with Gasteiger partial charge in [0.05, 0.1) is 52.9 Å². The van der Waals surface area contributed by atoms with Crippen LogP contribution in [-0.2, 0) is 71.9 Å². The number of imidazole rings is 2. The minimum Gasteiger partial charge on any atom is -0.497 e. The lowest BCUT2D eigenvalue weighted by molar-refractivity contribution is -0.118. The molecule has 6 atom stereocenters. The van der Waals surface area contributed by atoms with Crippen LogP contribution in [0.5, 0.6) is 11.5 Å². The van der Waals surface area contributed by atoms with E-state index >= 15 is 0 Å². The average molecular weight is 1280 g/mol. The monoisotopic (exact) mass is 1280 g/mol. The van der Waals surface area contributed by atoms with Gasteiger partial charge >= 0.3 is 15.0 Å². The van der Waals surface area contributed by atoms with Crippen molar-refractivity contribution in [1.82, 2.24) is 39.0 Å². The van der Waals surface area contributed by atoms with Gasteiger partial charge < -0.3 is 51.7 Å². The van der Waals surface area contributed by atoms with Crippen LogP contribution < -0.4 is 25.7 Å². The van der Waals surface area contributed by atoms with Crippen LogP contribution in [0.3, 0.4) is 0 Å². The molecule has 1 saturated heterocycles. The summed E-state index contributed by atoms with van der Waals surface area (Å²) in [5.74, 6) is 0.121. The lowest BCUT2D eigenvalue weighted by atomic mass is 9.80. The van der Waals surface area contributed by atoms with Crippen molar-refractivity contribution in [2.45, 2.75) is 102 Å². The van der Waals surface area contributed by atoms with E-state index in [0.29, 0.717) is 17.1 Å². The maximum Gasteiger partial charge on any atom is 0.327 e. The summed E-state index contributed by atoms with van der Waals surface area (Å²) in [6, 6.07) is 35.1. The Bertz CT molecular complexity index is 3870. The Morgan fingerprint density at radius 3 is 2.07 bits per heavy atom. The van der Waals surface area contributed by atoms with Gasteiger partial charge in [0.15, 0.2) is 42.7 Å². The largest absolute Gasteiger partial charge is 0.497 e. The summed E-state index contributed by atoms with van der Waals surface area (Å²) < 4.78 is 73.2. The molecule has 4 aromatic heterocycles. The van der Waals surface area contributed by atoms with Gasteiger partial charge in [-0.25, -0.2) is 19.9 Å². The zero-order valence-electron chi connectivity index (χ0n) is 49.9. The Hall–Kier alpha value is -7.41. The molecular formula is C59H69N11O14P2SSi. The van der Waals surface area contributed by atoms with Crippen molar-refractivity contribution in [1.29, 1.82) is 5.26 Å². The van der Waals surface area contributed by atoms with Crippen LogP contribution in [-0.4, -0.2) is 116 Å². The number of benzene rings is 4. The number of nitriles is 1. The number of methoxy groups -OCH3 is 2. The second-order valence-electron chi connectivity index (χ2n) is 22.1. The van der Waals surface area contributed by atoms with Crippen LogP contribution in [0.15, 0.2) is 127 Å². The molecule has 1 aliphatic heterocycles. The number of fused-ring (bicyclic) bond motifs is 2. The summed E-state index contributed by atoms with van der Waals surface area (Å²) in [6.07, 6.45) is -2.20. The lowest BCUT2D eigenvalue weighted by Gasteiger charge is -2.40. The molecule has 29 heteroatoms. The van der Waals surface area contributed by atoms with E-state index < -0.39 is 83.3 Å². The van der Waals surface area contributed by atoms with Crippen molar-refractivity contribution in [3.63, 3.8) is 0 Å². The van der Waals surface area contributed by atoms with E-state index in [4.69, 9.17) is 63.2 Å². The number of nitrogens with one attached hydrogen (secondary N) is 3. The number of carbonyl (C=O) groups excluding carboxylic acids is 2. The van der Waals surface area contributed by atoms with Crippen LogP contribution in [0.2, 0.25) is 18.1 Å². The molecule has 0 bridgehead atoms. The minimum atomic E-state index is -3.94. The number of aromatic nitrogens is 8. The molecule has 9 rings (SSSR count). The van der Waals surface area contributed by atoms with Gasteiger partial charge in [-0.15, -0.1) is 0 Å². The number of hydrogen-bond donors (Lipinski definition) is 4. The van der Waals surface area contributed by atoms with Crippen LogP contribution in [0.4, 0.5) is 11.8 Å². The maximum atomic E-state index is 14.0. The number of hydrogen-bond acceptors (Lipinski definition) is 20. The maximum absolute atomic E-state index is 14.0. The normalized spacial score (nSPS) is 17.4. The number of rotatable bonds is 27. The summed E-state index contributed by atoms with van der Waals surface area (Å²) in [5, 5.41) is 14.8. The fourth-order valence-electron chi connectivity index (χ4n) is 9.56. The van der Waals surface area contributed by atoms with Crippen molar-refractivity contribution in [3.05, 3.63) is 160 Å². The molecule has 464 valence electrons. The van der Waals surface area contributed by atoms with Crippen molar-refractivity contribution >= 4 is 81.0 Å². The molecule has 5 heterocycles. The van der Waals surface area contributed by atoms with Gasteiger partial charge in [0, 0.05) is 18.0 Å². The summed E-state index contributed by atoms with van der Waals surface area (Å²) in [6.45, 7) is 8.32. The number of amides is 2. The molecule has 4 N–H and O–H groups in total. The van der Waals surface area contributed by atoms with Gasteiger partial charge in [0.2, 0.25) is 11.9 Å². The molecule has 88 heavy (non-hydrogen) atoms. The number of nitrogens with zero attached hydrogens (tertiary/aromatic N) is 8. The van der Waals surface area contributed by atoms with Gasteiger partial charge in [0.1, 0.15) is 54.2 Å². The Morgan fingerprint density at radius 1 is 0.841 bits per heavy atom. The van der Waals surface area contributed by atoms with E-state index in [1.807, 2.05) is 113 Å². The highest BCUT2D eigenvalue weighted by atomic mass is 32.5. The Labute approximate surface area is 514 Å².